The number of piperazine rings is 1. The van der Waals surface area contributed by atoms with Crippen LogP contribution in [0.1, 0.15) is 19.2 Å². The van der Waals surface area contributed by atoms with E-state index in [4.69, 9.17) is 9.40 Å². The summed E-state index contributed by atoms with van der Waals surface area (Å²) in [5.41, 5.74) is 2.77. The second kappa shape index (κ2) is 11.8. The van der Waals surface area contributed by atoms with Crippen molar-refractivity contribution in [3.05, 3.63) is 85.0 Å². The Morgan fingerprint density at radius 3 is 2.24 bits per heavy atom. The standard InChI is InChI=1S/C29H32N6O2/c1-22(34-17-19-35(20-18-34)29-30-15-8-16-31-29)21-32-25(36)13-14-26-33-27(23-9-4-2-5-10-23)28(37-26)24-11-6-3-7-12-24/h2-12,15-16,22H,13-14,17-21H2,1H3,(H,32,36). The molecule has 1 amide bonds. The maximum Gasteiger partial charge on any atom is 0.225 e. The summed E-state index contributed by atoms with van der Waals surface area (Å²) < 4.78 is 6.16. The Hall–Kier alpha value is -4.04. The first-order chi connectivity index (χ1) is 18.2. The number of anilines is 1. The molecule has 1 aliphatic rings. The summed E-state index contributed by atoms with van der Waals surface area (Å²) >= 11 is 0. The van der Waals surface area contributed by atoms with Crippen LogP contribution in [-0.4, -0.2) is 64.5 Å². The van der Waals surface area contributed by atoms with Crippen LogP contribution in [0.25, 0.3) is 22.6 Å². The molecule has 37 heavy (non-hydrogen) atoms. The Labute approximate surface area is 217 Å². The van der Waals surface area contributed by atoms with Crippen molar-refractivity contribution in [2.24, 2.45) is 0 Å². The molecule has 8 nitrogen and oxygen atoms in total. The number of nitrogens with one attached hydrogen (secondary N) is 1. The van der Waals surface area contributed by atoms with Crippen LogP contribution < -0.4 is 10.2 Å². The molecule has 1 saturated heterocycles. The van der Waals surface area contributed by atoms with Gasteiger partial charge in [0.2, 0.25) is 11.9 Å². The van der Waals surface area contributed by atoms with E-state index in [-0.39, 0.29) is 11.9 Å². The quantitative estimate of drug-likeness (QED) is 0.374. The van der Waals surface area contributed by atoms with E-state index in [2.05, 4.69) is 32.0 Å². The van der Waals surface area contributed by atoms with Gasteiger partial charge in [0.25, 0.3) is 0 Å². The molecule has 1 atom stereocenters. The molecule has 0 spiro atoms. The number of aromatic nitrogens is 3. The molecule has 1 N–H and O–H groups in total. The molecule has 190 valence electrons. The highest BCUT2D eigenvalue weighted by molar-refractivity contribution is 5.77. The molecule has 1 aliphatic heterocycles. The second-order valence-electron chi connectivity index (χ2n) is 9.24. The highest BCUT2D eigenvalue weighted by Gasteiger charge is 2.23. The maximum atomic E-state index is 12.6. The van der Waals surface area contributed by atoms with Crippen LogP contribution in [0.3, 0.4) is 0 Å². The van der Waals surface area contributed by atoms with Gasteiger partial charge in [-0.3, -0.25) is 9.69 Å². The summed E-state index contributed by atoms with van der Waals surface area (Å²) in [5, 5.41) is 3.09. The zero-order valence-electron chi connectivity index (χ0n) is 21.1. The van der Waals surface area contributed by atoms with E-state index in [1.165, 1.54) is 0 Å². The average molecular weight is 497 g/mol. The molecule has 4 aromatic rings. The number of hydrogen-bond donors (Lipinski definition) is 1. The first-order valence-electron chi connectivity index (χ1n) is 12.8. The molecule has 0 bridgehead atoms. The van der Waals surface area contributed by atoms with E-state index in [0.717, 1.165) is 54.7 Å². The SMILES string of the molecule is CC(CNC(=O)CCc1nc(-c2ccccc2)c(-c2ccccc2)o1)N1CCN(c2ncccn2)CC1. The van der Waals surface area contributed by atoms with Gasteiger partial charge in [-0.05, 0) is 13.0 Å². The number of benzene rings is 2. The molecule has 2 aromatic carbocycles. The first kappa shape index (κ1) is 24.6. The Kier molecular flexibility index (Phi) is 7.86. The third kappa shape index (κ3) is 6.21. The summed E-state index contributed by atoms with van der Waals surface area (Å²) in [5.74, 6) is 2.08. The molecule has 2 aromatic heterocycles. The van der Waals surface area contributed by atoms with Gasteiger partial charge in [-0.2, -0.15) is 0 Å². The zero-order chi connectivity index (χ0) is 25.5. The van der Waals surface area contributed by atoms with Gasteiger partial charge in [0.15, 0.2) is 11.7 Å². The van der Waals surface area contributed by atoms with Crippen LogP contribution in [-0.2, 0) is 11.2 Å². The minimum absolute atomic E-state index is 0.00361. The minimum atomic E-state index is 0.00361. The average Bonchev–Trinajstić information content (AvgIpc) is 3.41. The van der Waals surface area contributed by atoms with Crippen LogP contribution in [0.15, 0.2) is 83.5 Å². The summed E-state index contributed by atoms with van der Waals surface area (Å²) in [6.07, 6.45) is 4.32. The molecule has 3 heterocycles. The third-order valence-corrected chi connectivity index (χ3v) is 6.69. The molecule has 1 fully saturated rings. The van der Waals surface area contributed by atoms with E-state index >= 15 is 0 Å². The van der Waals surface area contributed by atoms with E-state index in [1.807, 2.05) is 66.7 Å². The molecule has 1 unspecified atom stereocenters. The molecular formula is C29H32N6O2. The van der Waals surface area contributed by atoms with Gasteiger partial charge in [0.05, 0.1) is 0 Å². The van der Waals surface area contributed by atoms with Gasteiger partial charge in [0.1, 0.15) is 5.69 Å². The molecule has 0 saturated carbocycles. The highest BCUT2D eigenvalue weighted by Crippen LogP contribution is 2.32. The lowest BCUT2D eigenvalue weighted by atomic mass is 10.1. The van der Waals surface area contributed by atoms with E-state index < -0.39 is 0 Å². The number of nitrogens with zero attached hydrogens (tertiary/aromatic N) is 5. The number of carbonyl (C=O) groups excluding carboxylic acids is 1. The van der Waals surface area contributed by atoms with Gasteiger partial charge < -0.3 is 14.6 Å². The first-order valence-corrected chi connectivity index (χ1v) is 12.8. The van der Waals surface area contributed by atoms with Crippen LogP contribution in [0.4, 0.5) is 5.95 Å². The summed E-state index contributed by atoms with van der Waals surface area (Å²) in [6, 6.07) is 22.0. The minimum Gasteiger partial charge on any atom is -0.440 e. The number of hydrogen-bond acceptors (Lipinski definition) is 7. The van der Waals surface area contributed by atoms with Crippen LogP contribution >= 0.6 is 0 Å². The van der Waals surface area contributed by atoms with Gasteiger partial charge >= 0.3 is 0 Å². The van der Waals surface area contributed by atoms with Gasteiger partial charge in [-0.25, -0.2) is 15.0 Å². The number of aryl methyl sites for hydroxylation is 1. The summed E-state index contributed by atoms with van der Waals surface area (Å²) in [6.45, 7) is 6.34. The van der Waals surface area contributed by atoms with Crippen LogP contribution in [0.5, 0.6) is 0 Å². The topological polar surface area (TPSA) is 87.4 Å². The van der Waals surface area contributed by atoms with Crippen LogP contribution in [0.2, 0.25) is 0 Å². The Balaban J connectivity index is 1.13. The number of amides is 1. The lowest BCUT2D eigenvalue weighted by molar-refractivity contribution is -0.121. The largest absolute Gasteiger partial charge is 0.440 e. The fourth-order valence-electron chi connectivity index (χ4n) is 4.56. The lowest BCUT2D eigenvalue weighted by Crippen LogP contribution is -2.52. The number of rotatable bonds is 9. The zero-order valence-corrected chi connectivity index (χ0v) is 21.1. The van der Waals surface area contributed by atoms with Crippen molar-refractivity contribution in [2.75, 3.05) is 37.6 Å². The summed E-state index contributed by atoms with van der Waals surface area (Å²) in [4.78, 5) is 30.7. The predicted octanol–water partition coefficient (Wildman–Crippen LogP) is 4.06. The summed E-state index contributed by atoms with van der Waals surface area (Å²) in [7, 11) is 0. The Bertz CT molecular complexity index is 1210. The highest BCUT2D eigenvalue weighted by atomic mass is 16.4. The smallest absolute Gasteiger partial charge is 0.225 e. The van der Waals surface area contributed by atoms with Crippen molar-refractivity contribution in [3.63, 3.8) is 0 Å². The van der Waals surface area contributed by atoms with Gasteiger partial charge in [-0.1, -0.05) is 60.7 Å². The van der Waals surface area contributed by atoms with Crippen molar-refractivity contribution in [3.8, 4) is 22.6 Å². The van der Waals surface area contributed by atoms with Crippen molar-refractivity contribution in [1.29, 1.82) is 0 Å². The number of oxazole rings is 1. The van der Waals surface area contributed by atoms with Crippen molar-refractivity contribution < 1.29 is 9.21 Å². The van der Waals surface area contributed by atoms with Crippen molar-refractivity contribution in [1.82, 2.24) is 25.2 Å². The monoisotopic (exact) mass is 496 g/mol. The molecular weight excluding hydrogens is 464 g/mol. The Morgan fingerprint density at radius 1 is 0.919 bits per heavy atom. The molecule has 5 rings (SSSR count). The molecule has 0 radical (unpaired) electrons. The van der Waals surface area contributed by atoms with Crippen LogP contribution in [0, 0.1) is 0 Å². The molecule has 0 aliphatic carbocycles. The third-order valence-electron chi connectivity index (χ3n) is 6.69. The lowest BCUT2D eigenvalue weighted by Gasteiger charge is -2.38. The van der Waals surface area contributed by atoms with Gasteiger partial charge in [0, 0.05) is 75.1 Å². The number of carbonyl (C=O) groups is 1. The van der Waals surface area contributed by atoms with E-state index in [0.29, 0.717) is 25.3 Å². The van der Waals surface area contributed by atoms with Crippen molar-refractivity contribution >= 4 is 11.9 Å². The second-order valence-corrected chi connectivity index (χ2v) is 9.24. The van der Waals surface area contributed by atoms with Gasteiger partial charge in [-0.15, -0.1) is 0 Å². The predicted molar refractivity (Wildman–Crippen MR) is 144 cm³/mol. The van der Waals surface area contributed by atoms with Crippen molar-refractivity contribution in [2.45, 2.75) is 25.8 Å². The van der Waals surface area contributed by atoms with E-state index in [1.54, 1.807) is 12.4 Å². The fraction of sp³-hybridized carbons (Fsp3) is 0.310. The molecule has 8 heteroatoms. The van der Waals surface area contributed by atoms with E-state index in [9.17, 15) is 4.79 Å². The Morgan fingerprint density at radius 2 is 1.57 bits per heavy atom. The fourth-order valence-corrected chi connectivity index (χ4v) is 4.56. The normalized spacial score (nSPS) is 14.9. The maximum absolute atomic E-state index is 12.6.